The summed E-state index contributed by atoms with van der Waals surface area (Å²) in [4.78, 5) is 36.2. The monoisotopic (exact) mass is 492 g/mol. The molecule has 184 valence electrons. The zero-order valence-corrected chi connectivity index (χ0v) is 18.7. The molecule has 33 heavy (non-hydrogen) atoms. The number of halogens is 4. The van der Waals surface area contributed by atoms with Crippen LogP contribution in [0.3, 0.4) is 0 Å². The van der Waals surface area contributed by atoms with Gasteiger partial charge in [0.25, 0.3) is 0 Å². The molecule has 12 heteroatoms. The van der Waals surface area contributed by atoms with E-state index in [1.807, 2.05) is 12.1 Å². The van der Waals surface area contributed by atoms with Gasteiger partial charge in [-0.2, -0.15) is 13.2 Å². The molecule has 1 aliphatic heterocycles. The summed E-state index contributed by atoms with van der Waals surface area (Å²) in [5, 5.41) is 10.7. The number of hydrogen-bond acceptors (Lipinski definition) is 5. The van der Waals surface area contributed by atoms with Crippen molar-refractivity contribution in [2.24, 2.45) is 11.5 Å². The predicted octanol–water partition coefficient (Wildman–Crippen LogP) is 2.31. The molecule has 1 aromatic carbocycles. The number of hydrogen-bond donors (Lipinski definition) is 4. The molecule has 8 nitrogen and oxygen atoms in total. The van der Waals surface area contributed by atoms with Crippen LogP contribution >= 0.6 is 11.6 Å². The number of rotatable bonds is 5. The average molecular weight is 493 g/mol. The van der Waals surface area contributed by atoms with Gasteiger partial charge in [0.15, 0.2) is 0 Å². The molecule has 0 spiro atoms. The number of nitrogens with one attached hydrogen (secondary N) is 1. The van der Waals surface area contributed by atoms with E-state index in [9.17, 15) is 22.8 Å². The Bertz CT molecular complexity index is 876. The van der Waals surface area contributed by atoms with E-state index in [1.54, 1.807) is 11.0 Å². The van der Waals surface area contributed by atoms with Crippen molar-refractivity contribution in [3.63, 3.8) is 0 Å². The van der Waals surface area contributed by atoms with Crippen LogP contribution in [0.15, 0.2) is 18.2 Å². The minimum atomic E-state index is -5.08. The molecule has 1 saturated carbocycles. The molecule has 0 unspecified atom stereocenters. The second-order valence-corrected chi connectivity index (χ2v) is 8.59. The first-order chi connectivity index (χ1) is 15.4. The highest BCUT2D eigenvalue weighted by Crippen LogP contribution is 2.31. The van der Waals surface area contributed by atoms with E-state index < -0.39 is 23.7 Å². The molecule has 3 rings (SSSR count). The third-order valence-corrected chi connectivity index (χ3v) is 6.06. The van der Waals surface area contributed by atoms with Crippen molar-refractivity contribution in [2.45, 2.75) is 69.4 Å². The zero-order valence-electron chi connectivity index (χ0n) is 18.0. The van der Waals surface area contributed by atoms with Crippen molar-refractivity contribution in [3.8, 4) is 0 Å². The number of carboxylic acids is 1. The lowest BCUT2D eigenvalue weighted by molar-refractivity contribution is -0.192. The van der Waals surface area contributed by atoms with Crippen LogP contribution in [0.4, 0.5) is 13.2 Å². The average Bonchev–Trinajstić information content (AvgIpc) is 3.41. The highest BCUT2D eigenvalue weighted by atomic mass is 35.5. The van der Waals surface area contributed by atoms with Gasteiger partial charge in [0.2, 0.25) is 11.8 Å². The van der Waals surface area contributed by atoms with Crippen molar-refractivity contribution >= 4 is 29.4 Å². The number of nitrogens with two attached hydrogens (primary N) is 2. The van der Waals surface area contributed by atoms with Crippen molar-refractivity contribution < 1.29 is 32.7 Å². The quantitative estimate of drug-likeness (QED) is 0.497. The molecule has 0 radical (unpaired) electrons. The summed E-state index contributed by atoms with van der Waals surface area (Å²) >= 11 is 6.05. The Morgan fingerprint density at radius 2 is 1.79 bits per heavy atom. The van der Waals surface area contributed by atoms with Gasteiger partial charge in [-0.1, -0.05) is 30.5 Å². The number of likely N-dealkylation sites (tertiary alicyclic amines) is 1. The Morgan fingerprint density at radius 3 is 2.33 bits per heavy atom. The fraction of sp³-hybridized carbons (Fsp3) is 0.571. The molecule has 6 N–H and O–H groups in total. The highest BCUT2D eigenvalue weighted by molar-refractivity contribution is 6.30. The Balaban J connectivity index is 0.000000479. The molecular weight excluding hydrogens is 465 g/mol. The van der Waals surface area contributed by atoms with Gasteiger partial charge in [-0.05, 0) is 48.9 Å². The molecular formula is C21H28ClF3N4O4. The summed E-state index contributed by atoms with van der Waals surface area (Å²) in [7, 11) is 0. The maximum Gasteiger partial charge on any atom is 0.490 e. The summed E-state index contributed by atoms with van der Waals surface area (Å²) in [5.74, 6) is -2.97. The number of carbonyl (C=O) groups is 3. The maximum absolute atomic E-state index is 12.9. The SMILES string of the molecule is NCc1ccc(Cl)cc1CNC(=O)[C@@H]1CCCN1C(=O)C1(N)CCCC1.O=C(O)C(F)(F)F. The van der Waals surface area contributed by atoms with E-state index >= 15 is 0 Å². The van der Waals surface area contributed by atoms with E-state index in [0.717, 1.165) is 30.4 Å². The number of benzene rings is 1. The molecule has 0 bridgehead atoms. The predicted molar refractivity (Wildman–Crippen MR) is 115 cm³/mol. The lowest BCUT2D eigenvalue weighted by atomic mass is 9.96. The molecule has 1 aliphatic carbocycles. The van der Waals surface area contributed by atoms with E-state index in [1.165, 1.54) is 0 Å². The Morgan fingerprint density at radius 1 is 1.18 bits per heavy atom. The van der Waals surface area contributed by atoms with Gasteiger partial charge in [0, 0.05) is 24.7 Å². The van der Waals surface area contributed by atoms with Gasteiger partial charge >= 0.3 is 12.1 Å². The van der Waals surface area contributed by atoms with Gasteiger partial charge in [-0.15, -0.1) is 0 Å². The third kappa shape index (κ3) is 7.05. The van der Waals surface area contributed by atoms with E-state index in [0.29, 0.717) is 43.9 Å². The van der Waals surface area contributed by atoms with Gasteiger partial charge in [0.1, 0.15) is 6.04 Å². The van der Waals surface area contributed by atoms with Crippen LogP contribution in [0, 0.1) is 0 Å². The van der Waals surface area contributed by atoms with Gasteiger partial charge in [0.05, 0.1) is 5.54 Å². The Labute approximate surface area is 194 Å². The lowest BCUT2D eigenvalue weighted by Crippen LogP contribution is -2.57. The number of alkyl halides is 3. The van der Waals surface area contributed by atoms with Crippen LogP contribution in [0.1, 0.15) is 49.7 Å². The number of nitrogens with zero attached hydrogens (tertiary/aromatic N) is 1. The van der Waals surface area contributed by atoms with Crippen LogP contribution < -0.4 is 16.8 Å². The minimum absolute atomic E-state index is 0.0712. The Hall–Kier alpha value is -2.37. The molecule has 1 atom stereocenters. The molecule has 1 aromatic rings. The number of amides is 2. The number of carbonyl (C=O) groups excluding carboxylic acids is 2. The first-order valence-corrected chi connectivity index (χ1v) is 10.9. The second-order valence-electron chi connectivity index (χ2n) is 8.16. The summed E-state index contributed by atoms with van der Waals surface area (Å²) in [6.07, 6.45) is -0.219. The van der Waals surface area contributed by atoms with Gasteiger partial charge in [-0.25, -0.2) is 4.79 Å². The van der Waals surface area contributed by atoms with Crippen LogP contribution in [0.2, 0.25) is 5.02 Å². The first-order valence-electron chi connectivity index (χ1n) is 10.5. The topological polar surface area (TPSA) is 139 Å². The number of aliphatic carboxylic acids is 1. The van der Waals surface area contributed by atoms with Crippen LogP contribution in [-0.4, -0.2) is 52.1 Å². The van der Waals surface area contributed by atoms with Gasteiger partial charge < -0.3 is 26.8 Å². The first kappa shape index (κ1) is 26.9. The summed E-state index contributed by atoms with van der Waals surface area (Å²) in [6, 6.07) is 5.03. The second kappa shape index (κ2) is 11.2. The largest absolute Gasteiger partial charge is 0.490 e. The van der Waals surface area contributed by atoms with Crippen LogP contribution in [0.25, 0.3) is 0 Å². The van der Waals surface area contributed by atoms with Crippen LogP contribution in [-0.2, 0) is 27.5 Å². The Kier molecular flexibility index (Phi) is 9.10. The molecule has 1 saturated heterocycles. The molecule has 2 aliphatic rings. The van der Waals surface area contributed by atoms with Crippen molar-refractivity contribution in [1.29, 1.82) is 0 Å². The third-order valence-electron chi connectivity index (χ3n) is 5.82. The van der Waals surface area contributed by atoms with E-state index in [2.05, 4.69) is 5.32 Å². The summed E-state index contributed by atoms with van der Waals surface area (Å²) in [6.45, 7) is 1.32. The van der Waals surface area contributed by atoms with Crippen molar-refractivity contribution in [1.82, 2.24) is 10.2 Å². The zero-order chi connectivity index (χ0) is 24.8. The molecule has 1 heterocycles. The fourth-order valence-corrected chi connectivity index (χ4v) is 4.24. The maximum atomic E-state index is 12.9. The van der Waals surface area contributed by atoms with Crippen molar-refractivity contribution in [3.05, 3.63) is 34.3 Å². The standard InChI is InChI=1S/C19H27ClN4O2.C2HF3O2/c20-15-6-5-13(11-21)14(10-15)12-23-17(25)16-4-3-9-24(16)18(26)19(22)7-1-2-8-19;3-2(4,5)1(6)7/h5-6,10,16H,1-4,7-9,11-12,21-22H2,(H,23,25);(H,6,7)/t16-;/m0./s1. The highest BCUT2D eigenvalue weighted by Gasteiger charge is 2.44. The normalized spacial score (nSPS) is 19.6. The molecule has 2 fully saturated rings. The van der Waals surface area contributed by atoms with Gasteiger partial charge in [-0.3, -0.25) is 9.59 Å². The minimum Gasteiger partial charge on any atom is -0.475 e. The smallest absolute Gasteiger partial charge is 0.475 e. The molecule has 0 aromatic heterocycles. The summed E-state index contributed by atoms with van der Waals surface area (Å²) < 4.78 is 31.7. The van der Waals surface area contributed by atoms with Crippen molar-refractivity contribution in [2.75, 3.05) is 6.54 Å². The lowest BCUT2D eigenvalue weighted by Gasteiger charge is -2.32. The summed E-state index contributed by atoms with van der Waals surface area (Å²) in [5.41, 5.74) is 13.1. The molecule has 2 amide bonds. The fourth-order valence-electron chi connectivity index (χ4n) is 4.05. The van der Waals surface area contributed by atoms with E-state index in [-0.39, 0.29) is 11.8 Å². The number of carboxylic acid groups (broad SMARTS) is 1. The van der Waals surface area contributed by atoms with Crippen LogP contribution in [0.5, 0.6) is 0 Å². The van der Waals surface area contributed by atoms with E-state index in [4.69, 9.17) is 33.0 Å².